The van der Waals surface area contributed by atoms with Crippen molar-refractivity contribution in [2.75, 3.05) is 13.2 Å². The van der Waals surface area contributed by atoms with Crippen LogP contribution in [0.5, 0.6) is 0 Å². The Morgan fingerprint density at radius 2 is 1.57 bits per heavy atom. The van der Waals surface area contributed by atoms with Crippen LogP contribution in [0.1, 0.15) is 120 Å². The SMILES string of the molecule is CC(=O)O[C@H]1[C@H](O[C@]2(O)[C@H](O)[C@@H](CO)O[C@@H](O[C@H]3C[C@@H]4[C@]5(CC[C@]6(C)[C@@H]([C@@]7(C)CC[C@@H](C(C)(C)O)O7)[C@@H](O)C[C@@]46C)C[C@@]54CCCC(C)(C)[C@@H]34)[C@@H]2O)OC[C@@H](O)[C@@H]1O. The number of ether oxygens (including phenoxy) is 6. The van der Waals surface area contributed by atoms with Gasteiger partial charge in [-0.1, -0.05) is 34.1 Å². The van der Waals surface area contributed by atoms with Gasteiger partial charge in [-0.15, -0.1) is 0 Å². The number of fused-ring (bicyclic) bond motifs is 2. The fraction of sp³-hybridized carbons (Fsp3) is 0.977. The zero-order valence-electron chi connectivity index (χ0n) is 35.5. The lowest BCUT2D eigenvalue weighted by molar-refractivity contribution is -0.442. The summed E-state index contributed by atoms with van der Waals surface area (Å²) in [4.78, 5) is 12.0. The number of esters is 1. The van der Waals surface area contributed by atoms with Crippen LogP contribution in [0.2, 0.25) is 0 Å². The van der Waals surface area contributed by atoms with Crippen molar-refractivity contribution in [2.45, 2.75) is 204 Å². The molecule has 332 valence electrons. The molecule has 58 heavy (non-hydrogen) atoms. The summed E-state index contributed by atoms with van der Waals surface area (Å²) in [6, 6.07) is 0. The fourth-order valence-corrected chi connectivity index (χ4v) is 15.2. The Bertz CT molecular complexity index is 1590. The van der Waals surface area contributed by atoms with E-state index in [9.17, 15) is 45.6 Å². The van der Waals surface area contributed by atoms with Gasteiger partial charge in [-0.3, -0.25) is 4.79 Å². The minimum atomic E-state index is -2.91. The van der Waals surface area contributed by atoms with Gasteiger partial charge in [-0.05, 0) is 117 Å². The van der Waals surface area contributed by atoms with Crippen LogP contribution in [-0.2, 0) is 33.2 Å². The van der Waals surface area contributed by atoms with E-state index >= 15 is 0 Å². The van der Waals surface area contributed by atoms with Gasteiger partial charge in [-0.2, -0.15) is 0 Å². The molecular formula is C43H70O15. The number of rotatable bonds is 8. The summed E-state index contributed by atoms with van der Waals surface area (Å²) >= 11 is 0. The molecule has 8 aliphatic rings. The van der Waals surface area contributed by atoms with Crippen molar-refractivity contribution in [2.24, 2.45) is 44.8 Å². The van der Waals surface area contributed by atoms with E-state index in [4.69, 9.17) is 28.4 Å². The van der Waals surface area contributed by atoms with Crippen molar-refractivity contribution in [3.63, 3.8) is 0 Å². The summed E-state index contributed by atoms with van der Waals surface area (Å²) in [5, 5.41) is 89.9. The highest BCUT2D eigenvalue weighted by molar-refractivity contribution is 5.66. The van der Waals surface area contributed by atoms with E-state index in [1.165, 1.54) is 0 Å². The second-order valence-corrected chi connectivity index (χ2v) is 21.8. The van der Waals surface area contributed by atoms with E-state index in [1.54, 1.807) is 13.8 Å². The molecule has 8 fully saturated rings. The summed E-state index contributed by atoms with van der Waals surface area (Å²) in [6.07, 6.45) is -6.46. The highest BCUT2D eigenvalue weighted by Crippen LogP contribution is 2.89. The van der Waals surface area contributed by atoms with Gasteiger partial charge in [-0.25, -0.2) is 0 Å². The molecule has 3 heterocycles. The summed E-state index contributed by atoms with van der Waals surface area (Å²) in [7, 11) is 0. The predicted octanol–water partition coefficient (Wildman–Crippen LogP) is 1.64. The molecule has 2 spiro atoms. The molecule has 0 unspecified atom stereocenters. The average Bonchev–Trinajstić information content (AvgIpc) is 3.47. The summed E-state index contributed by atoms with van der Waals surface area (Å²) in [5.41, 5.74) is -2.49. The Labute approximate surface area is 341 Å². The molecular weight excluding hydrogens is 756 g/mol. The van der Waals surface area contributed by atoms with Crippen molar-refractivity contribution in [3.05, 3.63) is 0 Å². The molecule has 8 N–H and O–H groups in total. The smallest absolute Gasteiger partial charge is 0.303 e. The van der Waals surface area contributed by atoms with E-state index in [1.807, 2.05) is 0 Å². The molecule has 0 amide bonds. The third kappa shape index (κ3) is 6.10. The predicted molar refractivity (Wildman–Crippen MR) is 203 cm³/mol. The van der Waals surface area contributed by atoms with Gasteiger partial charge in [0.25, 0.3) is 0 Å². The third-order valence-corrected chi connectivity index (χ3v) is 17.8. The maximum Gasteiger partial charge on any atom is 0.303 e. The Morgan fingerprint density at radius 3 is 2.21 bits per heavy atom. The van der Waals surface area contributed by atoms with Crippen LogP contribution in [0.3, 0.4) is 0 Å². The molecule has 3 saturated heterocycles. The first-order valence-corrected chi connectivity index (χ1v) is 21.8. The van der Waals surface area contributed by atoms with Gasteiger partial charge < -0.3 is 69.3 Å². The van der Waals surface area contributed by atoms with Crippen molar-refractivity contribution in [3.8, 4) is 0 Å². The summed E-state index contributed by atoms with van der Waals surface area (Å²) in [6.45, 7) is 14.7. The fourth-order valence-electron chi connectivity index (χ4n) is 15.2. The maximum atomic E-state index is 12.2. The van der Waals surface area contributed by atoms with Crippen LogP contribution in [0.4, 0.5) is 0 Å². The minimum Gasteiger partial charge on any atom is -0.454 e. The van der Waals surface area contributed by atoms with Crippen LogP contribution in [-0.4, -0.2) is 145 Å². The second-order valence-electron chi connectivity index (χ2n) is 21.8. The largest absolute Gasteiger partial charge is 0.454 e. The zero-order valence-corrected chi connectivity index (χ0v) is 35.5. The lowest BCUT2D eigenvalue weighted by Crippen LogP contribution is -2.71. The molecule has 8 rings (SSSR count). The van der Waals surface area contributed by atoms with E-state index < -0.39 is 97.6 Å². The normalized spacial score (nSPS) is 56.1. The van der Waals surface area contributed by atoms with Crippen LogP contribution in [0.15, 0.2) is 0 Å². The highest BCUT2D eigenvalue weighted by Gasteiger charge is 2.84. The molecule has 5 saturated carbocycles. The number of carbonyl (C=O) groups excluding carboxylic acids is 1. The van der Waals surface area contributed by atoms with Gasteiger partial charge in [0, 0.05) is 12.8 Å². The van der Waals surface area contributed by atoms with Gasteiger partial charge in [0.15, 0.2) is 18.5 Å². The molecule has 0 aromatic carbocycles. The van der Waals surface area contributed by atoms with Gasteiger partial charge in [0.2, 0.25) is 12.1 Å². The first-order valence-electron chi connectivity index (χ1n) is 21.8. The minimum absolute atomic E-state index is 0.0281. The molecule has 0 radical (unpaired) electrons. The lowest BCUT2D eigenvalue weighted by Gasteiger charge is -2.64. The van der Waals surface area contributed by atoms with E-state index in [0.29, 0.717) is 19.3 Å². The number of hydrogen-bond acceptors (Lipinski definition) is 15. The van der Waals surface area contributed by atoms with Gasteiger partial charge in [0.1, 0.15) is 24.4 Å². The quantitative estimate of drug-likeness (QED) is 0.0988. The Balaban J connectivity index is 1.12. The van der Waals surface area contributed by atoms with Crippen molar-refractivity contribution in [1.29, 1.82) is 0 Å². The molecule has 3 aliphatic heterocycles. The Morgan fingerprint density at radius 1 is 0.862 bits per heavy atom. The zero-order chi connectivity index (χ0) is 42.4. The lowest BCUT2D eigenvalue weighted by atomic mass is 9.41. The standard InChI is InChI=1S/C43H70O15/c1-21(45)54-29-28(48)23(47)19-53-34(29)58-43(52)32(49)25(18-44)56-35(33(43)50)55-24-16-26-39(7)17-22(46)30(40(8)13-10-27(57-40)37(4,5)51)38(39,6)14-15-41(26)20-42(41)12-9-11-36(2,3)31(24)42/h22-35,44,46-52H,9-20H2,1-8H3/t22-,23+,24-,25+,26-,27-,28-,29+,30-,31+,32+,33-,34-,35+,38+,39-,40+,41-,42+,43+/m0/s1. The van der Waals surface area contributed by atoms with Gasteiger partial charge in [0.05, 0.1) is 42.7 Å². The number of aliphatic hydroxyl groups is 8. The number of carbonyl (C=O) groups is 1. The maximum absolute atomic E-state index is 12.2. The van der Waals surface area contributed by atoms with Crippen LogP contribution in [0, 0.1) is 44.8 Å². The Kier molecular flexibility index (Phi) is 10.5. The first-order chi connectivity index (χ1) is 26.8. The van der Waals surface area contributed by atoms with E-state index in [2.05, 4.69) is 34.6 Å². The number of aliphatic hydroxyl groups excluding tert-OH is 6. The van der Waals surface area contributed by atoms with Crippen LogP contribution >= 0.6 is 0 Å². The first kappa shape index (κ1) is 43.6. The van der Waals surface area contributed by atoms with E-state index in [0.717, 1.165) is 51.9 Å². The molecule has 0 bridgehead atoms. The van der Waals surface area contributed by atoms with Crippen LogP contribution < -0.4 is 0 Å². The molecule has 5 aliphatic carbocycles. The molecule has 15 nitrogen and oxygen atoms in total. The Hall–Kier alpha value is -1.05. The molecule has 0 aromatic heterocycles. The average molecular weight is 827 g/mol. The monoisotopic (exact) mass is 826 g/mol. The third-order valence-electron chi connectivity index (χ3n) is 17.8. The molecule has 20 atom stereocenters. The highest BCUT2D eigenvalue weighted by atomic mass is 16.8. The summed E-state index contributed by atoms with van der Waals surface area (Å²) < 4.78 is 36.4. The second kappa shape index (κ2) is 14.0. The van der Waals surface area contributed by atoms with Crippen molar-refractivity contribution < 1.29 is 74.1 Å². The van der Waals surface area contributed by atoms with Crippen LogP contribution in [0.25, 0.3) is 0 Å². The van der Waals surface area contributed by atoms with Gasteiger partial charge >= 0.3 is 5.97 Å². The summed E-state index contributed by atoms with van der Waals surface area (Å²) in [5.74, 6) is -3.75. The van der Waals surface area contributed by atoms with Crippen molar-refractivity contribution in [1.82, 2.24) is 0 Å². The van der Waals surface area contributed by atoms with Crippen molar-refractivity contribution >= 4 is 5.97 Å². The topological polar surface area (TPSA) is 234 Å². The molecule has 15 heteroatoms. The van der Waals surface area contributed by atoms with E-state index in [-0.39, 0.29) is 50.9 Å². The number of hydrogen-bond donors (Lipinski definition) is 8. The molecule has 0 aromatic rings.